The standard InChI is InChI=1S/C13H19NO/c1-11-8-9-13(14(11,2)15)10-12-6-4-3-5-7-12/h3-7,11,13H,8-10H2,1-2H3/t11-,13-,14?/m1/s1. The van der Waals surface area contributed by atoms with Gasteiger partial charge in [0, 0.05) is 19.3 Å². The molecule has 1 saturated heterocycles. The van der Waals surface area contributed by atoms with E-state index in [2.05, 4.69) is 19.1 Å². The van der Waals surface area contributed by atoms with Gasteiger partial charge >= 0.3 is 0 Å². The van der Waals surface area contributed by atoms with Crippen molar-refractivity contribution in [3.05, 3.63) is 41.1 Å². The Bertz CT molecular complexity index is 321. The van der Waals surface area contributed by atoms with Gasteiger partial charge in [-0.2, -0.15) is 0 Å². The van der Waals surface area contributed by atoms with Gasteiger partial charge in [0.1, 0.15) is 0 Å². The first-order valence-electron chi connectivity index (χ1n) is 5.71. The fraction of sp³-hybridized carbons (Fsp3) is 0.538. The second-order valence-electron chi connectivity index (χ2n) is 4.83. The molecule has 3 atom stereocenters. The average Bonchev–Trinajstić information content (AvgIpc) is 2.47. The van der Waals surface area contributed by atoms with E-state index in [4.69, 9.17) is 0 Å². The summed E-state index contributed by atoms with van der Waals surface area (Å²) < 4.78 is -0.0606. The van der Waals surface area contributed by atoms with Gasteiger partial charge in [-0.05, 0) is 12.5 Å². The highest BCUT2D eigenvalue weighted by Gasteiger charge is 2.36. The summed E-state index contributed by atoms with van der Waals surface area (Å²) in [6.07, 6.45) is 3.05. The molecule has 82 valence electrons. The summed E-state index contributed by atoms with van der Waals surface area (Å²) >= 11 is 0. The number of nitrogens with zero attached hydrogens (tertiary/aromatic N) is 1. The summed E-state index contributed by atoms with van der Waals surface area (Å²) in [6, 6.07) is 10.9. The summed E-state index contributed by atoms with van der Waals surface area (Å²) in [7, 11) is 1.82. The molecule has 2 heteroatoms. The van der Waals surface area contributed by atoms with Gasteiger partial charge in [0.05, 0.1) is 19.1 Å². The lowest BCUT2D eigenvalue weighted by atomic mass is 10.0. The number of rotatable bonds is 2. The van der Waals surface area contributed by atoms with Crippen LogP contribution in [-0.4, -0.2) is 23.8 Å². The molecule has 1 aliphatic rings. The summed E-state index contributed by atoms with van der Waals surface area (Å²) in [5, 5.41) is 12.3. The molecule has 0 spiro atoms. The number of benzene rings is 1. The molecule has 1 heterocycles. The van der Waals surface area contributed by atoms with Gasteiger partial charge in [-0.15, -0.1) is 0 Å². The Labute approximate surface area is 91.7 Å². The summed E-state index contributed by atoms with van der Waals surface area (Å²) in [4.78, 5) is 0. The summed E-state index contributed by atoms with van der Waals surface area (Å²) in [6.45, 7) is 2.07. The monoisotopic (exact) mass is 205 g/mol. The van der Waals surface area contributed by atoms with E-state index in [0.29, 0.717) is 0 Å². The Morgan fingerprint density at radius 3 is 2.47 bits per heavy atom. The normalized spacial score (nSPS) is 35.7. The molecule has 0 bridgehead atoms. The average molecular weight is 205 g/mol. The van der Waals surface area contributed by atoms with Gasteiger partial charge in [0.2, 0.25) is 0 Å². The van der Waals surface area contributed by atoms with E-state index in [1.54, 1.807) is 0 Å². The van der Waals surface area contributed by atoms with Crippen LogP contribution in [0.4, 0.5) is 0 Å². The number of likely N-dealkylation sites (N-methyl/N-ethyl adjacent to an activating group) is 1. The van der Waals surface area contributed by atoms with Crippen LogP contribution in [-0.2, 0) is 6.42 Å². The molecule has 1 fully saturated rings. The highest BCUT2D eigenvalue weighted by atomic mass is 16.5. The molecule has 0 saturated carbocycles. The first-order valence-corrected chi connectivity index (χ1v) is 5.71. The zero-order chi connectivity index (χ0) is 10.9. The third kappa shape index (κ3) is 2.06. The maximum atomic E-state index is 12.3. The third-order valence-corrected chi connectivity index (χ3v) is 3.83. The summed E-state index contributed by atoms with van der Waals surface area (Å²) in [5.41, 5.74) is 1.29. The molecular formula is C13H19NO. The minimum atomic E-state index is -0.0606. The van der Waals surface area contributed by atoms with Crippen LogP contribution in [0.15, 0.2) is 30.3 Å². The van der Waals surface area contributed by atoms with Gasteiger partial charge < -0.3 is 9.85 Å². The molecule has 0 N–H and O–H groups in total. The molecule has 0 aliphatic carbocycles. The molecule has 0 amide bonds. The Morgan fingerprint density at radius 1 is 1.27 bits per heavy atom. The molecule has 1 unspecified atom stereocenters. The van der Waals surface area contributed by atoms with Crippen LogP contribution in [0, 0.1) is 5.21 Å². The van der Waals surface area contributed by atoms with Crippen LogP contribution in [0.25, 0.3) is 0 Å². The molecule has 1 aromatic rings. The van der Waals surface area contributed by atoms with Crippen LogP contribution >= 0.6 is 0 Å². The number of likely N-dealkylation sites (tertiary alicyclic amines) is 1. The van der Waals surface area contributed by atoms with Gasteiger partial charge in [-0.1, -0.05) is 30.3 Å². The minimum Gasteiger partial charge on any atom is -0.633 e. The Balaban J connectivity index is 2.08. The van der Waals surface area contributed by atoms with Gasteiger partial charge in [-0.3, -0.25) is 0 Å². The quantitative estimate of drug-likeness (QED) is 0.538. The lowest BCUT2D eigenvalue weighted by molar-refractivity contribution is -0.894. The SMILES string of the molecule is C[C@@H]1CC[C@H](Cc2ccccc2)[N+]1(C)[O-]. The lowest BCUT2D eigenvalue weighted by Crippen LogP contribution is -2.47. The Kier molecular flexibility index (Phi) is 2.81. The van der Waals surface area contributed by atoms with Crippen molar-refractivity contribution in [1.29, 1.82) is 0 Å². The van der Waals surface area contributed by atoms with Crippen LogP contribution in [0.2, 0.25) is 0 Å². The Hall–Kier alpha value is -0.860. The molecule has 2 nitrogen and oxygen atoms in total. The molecule has 1 aliphatic heterocycles. The molecule has 1 aromatic carbocycles. The van der Waals surface area contributed by atoms with Gasteiger partial charge in [-0.25, -0.2) is 0 Å². The van der Waals surface area contributed by atoms with Crippen molar-refractivity contribution in [1.82, 2.24) is 0 Å². The third-order valence-electron chi connectivity index (χ3n) is 3.83. The first-order chi connectivity index (χ1) is 7.10. The van der Waals surface area contributed by atoms with Crippen LogP contribution < -0.4 is 0 Å². The fourth-order valence-corrected chi connectivity index (χ4v) is 2.48. The predicted octanol–water partition coefficient (Wildman–Crippen LogP) is 2.72. The maximum Gasteiger partial charge on any atom is 0.0930 e. The van der Waals surface area contributed by atoms with Crippen LogP contribution in [0.5, 0.6) is 0 Å². The summed E-state index contributed by atoms with van der Waals surface area (Å²) in [5.74, 6) is 0. The smallest absolute Gasteiger partial charge is 0.0930 e. The van der Waals surface area contributed by atoms with Crippen LogP contribution in [0.1, 0.15) is 25.3 Å². The van der Waals surface area contributed by atoms with Crippen molar-refractivity contribution in [2.45, 2.75) is 38.3 Å². The van der Waals surface area contributed by atoms with E-state index in [9.17, 15) is 5.21 Å². The largest absolute Gasteiger partial charge is 0.633 e. The van der Waals surface area contributed by atoms with Crippen molar-refractivity contribution in [2.24, 2.45) is 0 Å². The number of hydroxylamine groups is 3. The van der Waals surface area contributed by atoms with Crippen LogP contribution in [0.3, 0.4) is 0 Å². The number of quaternary nitrogens is 1. The zero-order valence-corrected chi connectivity index (χ0v) is 9.52. The molecule has 2 rings (SSSR count). The second-order valence-corrected chi connectivity index (χ2v) is 4.83. The predicted molar refractivity (Wildman–Crippen MR) is 62.2 cm³/mol. The van der Waals surface area contributed by atoms with Crippen molar-refractivity contribution >= 4 is 0 Å². The van der Waals surface area contributed by atoms with Crippen molar-refractivity contribution < 1.29 is 4.65 Å². The van der Waals surface area contributed by atoms with E-state index in [1.807, 2.05) is 25.2 Å². The molecule has 0 radical (unpaired) electrons. The van der Waals surface area contributed by atoms with Crippen molar-refractivity contribution in [3.63, 3.8) is 0 Å². The second kappa shape index (κ2) is 3.95. The first kappa shape index (κ1) is 10.7. The topological polar surface area (TPSA) is 23.1 Å². The van der Waals surface area contributed by atoms with E-state index in [0.717, 1.165) is 19.3 Å². The lowest BCUT2D eigenvalue weighted by Gasteiger charge is -2.44. The van der Waals surface area contributed by atoms with Gasteiger partial charge in [0.15, 0.2) is 0 Å². The Morgan fingerprint density at radius 2 is 1.93 bits per heavy atom. The minimum absolute atomic E-state index is 0.0606. The van der Waals surface area contributed by atoms with E-state index in [1.165, 1.54) is 5.56 Å². The molecular weight excluding hydrogens is 186 g/mol. The number of hydrogen-bond acceptors (Lipinski definition) is 1. The van der Waals surface area contributed by atoms with E-state index in [-0.39, 0.29) is 16.7 Å². The van der Waals surface area contributed by atoms with E-state index < -0.39 is 0 Å². The van der Waals surface area contributed by atoms with Gasteiger partial charge in [0.25, 0.3) is 0 Å². The van der Waals surface area contributed by atoms with Crippen molar-refractivity contribution in [2.75, 3.05) is 7.05 Å². The maximum absolute atomic E-state index is 12.3. The highest BCUT2D eigenvalue weighted by molar-refractivity contribution is 5.15. The molecule has 15 heavy (non-hydrogen) atoms. The fourth-order valence-electron chi connectivity index (χ4n) is 2.48. The van der Waals surface area contributed by atoms with Crippen molar-refractivity contribution in [3.8, 4) is 0 Å². The zero-order valence-electron chi connectivity index (χ0n) is 9.52. The highest BCUT2D eigenvalue weighted by Crippen LogP contribution is 2.31. The number of hydrogen-bond donors (Lipinski definition) is 0. The van der Waals surface area contributed by atoms with E-state index >= 15 is 0 Å². The molecule has 0 aromatic heterocycles.